The van der Waals surface area contributed by atoms with E-state index in [1.807, 2.05) is 97.1 Å². The highest BCUT2D eigenvalue weighted by Gasteiger charge is 2.12. The van der Waals surface area contributed by atoms with E-state index in [9.17, 15) is 9.59 Å². The molecule has 186 valence electrons. The van der Waals surface area contributed by atoms with Crippen molar-refractivity contribution in [3.63, 3.8) is 0 Å². The molecule has 0 atom stereocenters. The van der Waals surface area contributed by atoms with Crippen LogP contribution in [0.1, 0.15) is 20.7 Å². The summed E-state index contributed by atoms with van der Waals surface area (Å²) in [4.78, 5) is 25.7. The average molecular weight is 499 g/mol. The van der Waals surface area contributed by atoms with Gasteiger partial charge in [0.2, 0.25) is 0 Å². The summed E-state index contributed by atoms with van der Waals surface area (Å²) in [5.74, 6) is -0.597. The molecule has 0 aliphatic heterocycles. The molecular formula is C32H26N4O2. The van der Waals surface area contributed by atoms with Gasteiger partial charge < -0.3 is 22.1 Å². The topological polar surface area (TPSA) is 110 Å². The number of nitrogens with two attached hydrogens (primary N) is 2. The second-order valence-electron chi connectivity index (χ2n) is 8.89. The van der Waals surface area contributed by atoms with E-state index in [4.69, 9.17) is 11.5 Å². The van der Waals surface area contributed by atoms with Crippen molar-refractivity contribution in [2.24, 2.45) is 0 Å². The number of nitrogen functional groups attached to an aromatic ring is 2. The monoisotopic (exact) mass is 498 g/mol. The van der Waals surface area contributed by atoms with Crippen LogP contribution in [0.5, 0.6) is 0 Å². The Hall–Kier alpha value is -5.36. The smallest absolute Gasteiger partial charge is 0.255 e. The van der Waals surface area contributed by atoms with Gasteiger partial charge in [0, 0.05) is 33.9 Å². The molecule has 0 heterocycles. The van der Waals surface area contributed by atoms with E-state index in [0.29, 0.717) is 33.9 Å². The van der Waals surface area contributed by atoms with Crippen molar-refractivity contribution in [2.75, 3.05) is 22.1 Å². The summed E-state index contributed by atoms with van der Waals surface area (Å²) in [6.07, 6.45) is 0. The number of carbonyl (C=O) groups is 2. The molecule has 0 radical (unpaired) electrons. The third-order valence-corrected chi connectivity index (χ3v) is 6.16. The van der Waals surface area contributed by atoms with Gasteiger partial charge in [-0.1, -0.05) is 54.6 Å². The largest absolute Gasteiger partial charge is 0.399 e. The third-order valence-electron chi connectivity index (χ3n) is 6.16. The van der Waals surface area contributed by atoms with Crippen molar-refractivity contribution in [3.05, 3.63) is 132 Å². The van der Waals surface area contributed by atoms with Crippen molar-refractivity contribution < 1.29 is 9.59 Å². The zero-order valence-electron chi connectivity index (χ0n) is 20.5. The van der Waals surface area contributed by atoms with E-state index in [1.54, 1.807) is 24.3 Å². The fraction of sp³-hybridized carbons (Fsp3) is 0. The standard InChI is InChI=1S/C32H26N4O2/c33-27-12-4-21(5-13-27)23-8-16-29(17-9-23)35-31(37)25-2-1-3-26(20-25)32(38)36-30-18-10-24(11-19-30)22-6-14-28(34)15-7-22/h1-20H,33-34H2,(H,35,37)(H,36,38). The summed E-state index contributed by atoms with van der Waals surface area (Å²) in [5.41, 5.74) is 19.1. The summed E-state index contributed by atoms with van der Waals surface area (Å²) in [7, 11) is 0. The predicted molar refractivity (Wildman–Crippen MR) is 155 cm³/mol. The summed E-state index contributed by atoms with van der Waals surface area (Å²) in [6, 6.07) is 36.9. The fourth-order valence-electron chi connectivity index (χ4n) is 4.05. The maximum Gasteiger partial charge on any atom is 0.255 e. The predicted octanol–water partition coefficient (Wildman–Crippen LogP) is 6.69. The highest BCUT2D eigenvalue weighted by atomic mass is 16.2. The van der Waals surface area contributed by atoms with Crippen LogP contribution in [0.4, 0.5) is 22.7 Å². The van der Waals surface area contributed by atoms with Crippen LogP contribution in [0, 0.1) is 0 Å². The second-order valence-corrected chi connectivity index (χ2v) is 8.89. The van der Waals surface area contributed by atoms with Crippen LogP contribution >= 0.6 is 0 Å². The lowest BCUT2D eigenvalue weighted by molar-refractivity contribution is 0.102. The Morgan fingerprint density at radius 3 is 1.11 bits per heavy atom. The molecule has 6 nitrogen and oxygen atoms in total. The Morgan fingerprint density at radius 2 is 0.763 bits per heavy atom. The summed E-state index contributed by atoms with van der Waals surface area (Å²) < 4.78 is 0. The molecule has 0 aliphatic carbocycles. The van der Waals surface area contributed by atoms with Crippen LogP contribution in [0.3, 0.4) is 0 Å². The summed E-state index contributed by atoms with van der Waals surface area (Å²) in [6.45, 7) is 0. The molecule has 38 heavy (non-hydrogen) atoms. The van der Waals surface area contributed by atoms with E-state index in [1.165, 1.54) is 0 Å². The molecule has 0 saturated carbocycles. The lowest BCUT2D eigenvalue weighted by Gasteiger charge is -2.10. The first-order valence-corrected chi connectivity index (χ1v) is 12.1. The number of hydrogen-bond acceptors (Lipinski definition) is 4. The summed E-state index contributed by atoms with van der Waals surface area (Å²) in [5, 5.41) is 5.78. The molecule has 0 unspecified atom stereocenters. The third kappa shape index (κ3) is 5.71. The van der Waals surface area contributed by atoms with E-state index in [0.717, 1.165) is 22.3 Å². The van der Waals surface area contributed by atoms with E-state index in [2.05, 4.69) is 10.6 Å². The molecule has 0 fully saturated rings. The highest BCUT2D eigenvalue weighted by Crippen LogP contribution is 2.24. The number of anilines is 4. The molecule has 0 aliphatic rings. The molecule has 0 saturated heterocycles. The molecule has 5 aromatic carbocycles. The van der Waals surface area contributed by atoms with Crippen molar-refractivity contribution in [2.45, 2.75) is 0 Å². The quantitative estimate of drug-likeness (QED) is 0.196. The van der Waals surface area contributed by atoms with Gasteiger partial charge in [-0.3, -0.25) is 9.59 Å². The van der Waals surface area contributed by atoms with E-state index >= 15 is 0 Å². The molecule has 5 aromatic rings. The molecular weight excluding hydrogens is 472 g/mol. The maximum absolute atomic E-state index is 12.9. The Morgan fingerprint density at radius 1 is 0.447 bits per heavy atom. The number of carbonyl (C=O) groups excluding carboxylic acids is 2. The lowest BCUT2D eigenvalue weighted by atomic mass is 10.0. The van der Waals surface area contributed by atoms with Crippen molar-refractivity contribution in [3.8, 4) is 22.3 Å². The Bertz CT molecular complexity index is 1460. The van der Waals surface area contributed by atoms with Crippen molar-refractivity contribution in [1.82, 2.24) is 0 Å². The van der Waals surface area contributed by atoms with Gasteiger partial charge in [-0.15, -0.1) is 0 Å². The van der Waals surface area contributed by atoms with Crippen molar-refractivity contribution in [1.29, 1.82) is 0 Å². The minimum atomic E-state index is -0.298. The van der Waals surface area contributed by atoms with Gasteiger partial charge >= 0.3 is 0 Å². The Labute approximate surface area is 220 Å². The van der Waals surface area contributed by atoms with Gasteiger partial charge in [0.15, 0.2) is 0 Å². The first kappa shape index (κ1) is 24.3. The average Bonchev–Trinajstić information content (AvgIpc) is 2.95. The molecule has 0 bridgehead atoms. The van der Waals surface area contributed by atoms with Crippen LogP contribution < -0.4 is 22.1 Å². The minimum Gasteiger partial charge on any atom is -0.399 e. The number of rotatable bonds is 6. The van der Waals surface area contributed by atoms with Crippen LogP contribution in [0.25, 0.3) is 22.3 Å². The Balaban J connectivity index is 1.23. The number of hydrogen-bond donors (Lipinski definition) is 4. The maximum atomic E-state index is 12.9. The zero-order valence-corrected chi connectivity index (χ0v) is 20.5. The van der Waals surface area contributed by atoms with Crippen LogP contribution in [0.15, 0.2) is 121 Å². The van der Waals surface area contributed by atoms with Gasteiger partial charge in [0.25, 0.3) is 11.8 Å². The molecule has 2 amide bonds. The number of nitrogens with one attached hydrogen (secondary N) is 2. The first-order chi connectivity index (χ1) is 18.4. The van der Waals surface area contributed by atoms with Gasteiger partial charge in [0.05, 0.1) is 0 Å². The highest BCUT2D eigenvalue weighted by molar-refractivity contribution is 6.08. The SMILES string of the molecule is Nc1ccc(-c2ccc(NC(=O)c3cccc(C(=O)Nc4ccc(-c5ccc(N)cc5)cc4)c3)cc2)cc1. The molecule has 6 N–H and O–H groups in total. The zero-order chi connectivity index (χ0) is 26.5. The van der Waals surface area contributed by atoms with Crippen LogP contribution in [-0.4, -0.2) is 11.8 Å². The fourth-order valence-corrected chi connectivity index (χ4v) is 4.05. The Kier molecular flexibility index (Phi) is 6.87. The summed E-state index contributed by atoms with van der Waals surface area (Å²) >= 11 is 0. The van der Waals surface area contributed by atoms with Gasteiger partial charge in [0.1, 0.15) is 0 Å². The molecule has 5 rings (SSSR count). The van der Waals surface area contributed by atoms with E-state index in [-0.39, 0.29) is 11.8 Å². The molecule has 0 aromatic heterocycles. The number of benzene rings is 5. The van der Waals surface area contributed by atoms with E-state index < -0.39 is 0 Å². The minimum absolute atomic E-state index is 0.298. The van der Waals surface area contributed by atoms with Gasteiger partial charge in [-0.05, 0) is 89.0 Å². The van der Waals surface area contributed by atoms with Crippen LogP contribution in [-0.2, 0) is 0 Å². The first-order valence-electron chi connectivity index (χ1n) is 12.1. The van der Waals surface area contributed by atoms with Crippen molar-refractivity contribution >= 4 is 34.6 Å². The normalized spacial score (nSPS) is 10.5. The van der Waals surface area contributed by atoms with Gasteiger partial charge in [-0.25, -0.2) is 0 Å². The lowest BCUT2D eigenvalue weighted by Crippen LogP contribution is -2.15. The van der Waals surface area contributed by atoms with Gasteiger partial charge in [-0.2, -0.15) is 0 Å². The number of amides is 2. The second kappa shape index (κ2) is 10.7. The van der Waals surface area contributed by atoms with Crippen LogP contribution in [0.2, 0.25) is 0 Å². The molecule has 6 heteroatoms. The molecule has 0 spiro atoms.